The maximum atomic E-state index is 11.3. The van der Waals surface area contributed by atoms with Crippen LogP contribution in [0.4, 0.5) is 0 Å². The number of carbonyl (C=O) groups excluding carboxylic acids is 1. The monoisotopic (exact) mass is 304 g/mol. The molecule has 5 nitrogen and oxygen atoms in total. The van der Waals surface area contributed by atoms with Crippen LogP contribution in [-0.2, 0) is 16.0 Å². The molecule has 1 amide bonds. The Morgan fingerprint density at radius 1 is 1.41 bits per heavy atom. The van der Waals surface area contributed by atoms with Gasteiger partial charge in [0.2, 0.25) is 5.91 Å². The molecule has 2 atom stereocenters. The van der Waals surface area contributed by atoms with Crippen molar-refractivity contribution in [1.29, 1.82) is 0 Å². The van der Waals surface area contributed by atoms with Gasteiger partial charge in [-0.05, 0) is 30.4 Å². The first-order valence-electron chi connectivity index (χ1n) is 8.09. The molecule has 0 aromatic heterocycles. The number of fused-ring (bicyclic) bond motifs is 1. The fourth-order valence-corrected chi connectivity index (χ4v) is 3.31. The Bertz CT molecular complexity index is 520. The van der Waals surface area contributed by atoms with Crippen LogP contribution < -0.4 is 5.32 Å². The van der Waals surface area contributed by atoms with E-state index in [9.17, 15) is 9.90 Å². The normalized spacial score (nSPS) is 23.7. The van der Waals surface area contributed by atoms with Gasteiger partial charge in [-0.1, -0.05) is 24.3 Å². The molecule has 0 bridgehead atoms. The third-order valence-corrected chi connectivity index (χ3v) is 4.39. The van der Waals surface area contributed by atoms with Gasteiger partial charge in [0.1, 0.15) is 0 Å². The smallest absolute Gasteiger partial charge is 0.234 e. The van der Waals surface area contributed by atoms with E-state index < -0.39 is 6.10 Å². The van der Waals surface area contributed by atoms with Gasteiger partial charge in [0.25, 0.3) is 0 Å². The Morgan fingerprint density at radius 2 is 2.27 bits per heavy atom. The zero-order valence-corrected chi connectivity index (χ0v) is 12.8. The predicted molar refractivity (Wildman–Crippen MR) is 83.5 cm³/mol. The van der Waals surface area contributed by atoms with E-state index in [2.05, 4.69) is 23.5 Å². The van der Waals surface area contributed by atoms with Crippen LogP contribution in [0.25, 0.3) is 0 Å². The first kappa shape index (κ1) is 15.5. The highest BCUT2D eigenvalue weighted by Crippen LogP contribution is 2.32. The van der Waals surface area contributed by atoms with E-state index in [1.54, 1.807) is 0 Å². The van der Waals surface area contributed by atoms with E-state index in [1.807, 2.05) is 11.0 Å². The first-order chi connectivity index (χ1) is 10.7. The van der Waals surface area contributed by atoms with Crippen molar-refractivity contribution in [1.82, 2.24) is 10.2 Å². The van der Waals surface area contributed by atoms with Gasteiger partial charge in [-0.15, -0.1) is 0 Å². The first-order valence-corrected chi connectivity index (χ1v) is 8.09. The van der Waals surface area contributed by atoms with Crippen molar-refractivity contribution in [2.75, 3.05) is 32.8 Å². The topological polar surface area (TPSA) is 61.8 Å². The highest BCUT2D eigenvalue weighted by atomic mass is 16.5. The maximum absolute atomic E-state index is 11.3. The fraction of sp³-hybridized carbons (Fsp3) is 0.588. The minimum Gasteiger partial charge on any atom is -0.389 e. The van der Waals surface area contributed by atoms with Gasteiger partial charge in [0.05, 0.1) is 25.4 Å². The van der Waals surface area contributed by atoms with Gasteiger partial charge in [-0.25, -0.2) is 0 Å². The standard InChI is InChI=1S/C17H24N2O3/c20-14(10-19-9-8-18-17(21)11-19)12-22-16-7-3-5-13-4-1-2-6-15(13)16/h1-2,4,6,14,16,20H,3,5,7-12H2,(H,18,21)/t14-,16-/m0/s1. The number of carbonyl (C=O) groups is 1. The van der Waals surface area contributed by atoms with E-state index >= 15 is 0 Å². The molecule has 1 fully saturated rings. The number of hydrogen-bond acceptors (Lipinski definition) is 4. The Hall–Kier alpha value is -1.43. The van der Waals surface area contributed by atoms with Crippen LogP contribution in [-0.4, -0.2) is 54.8 Å². The molecule has 2 N–H and O–H groups in total. The van der Waals surface area contributed by atoms with Crippen LogP contribution >= 0.6 is 0 Å². The molecule has 1 aromatic carbocycles. The van der Waals surface area contributed by atoms with Gasteiger partial charge in [-0.3, -0.25) is 9.69 Å². The summed E-state index contributed by atoms with van der Waals surface area (Å²) >= 11 is 0. The number of aryl methyl sites for hydroxylation is 1. The van der Waals surface area contributed by atoms with Crippen molar-refractivity contribution in [3.05, 3.63) is 35.4 Å². The molecule has 120 valence electrons. The average molecular weight is 304 g/mol. The Morgan fingerprint density at radius 3 is 3.14 bits per heavy atom. The zero-order chi connectivity index (χ0) is 15.4. The molecule has 3 rings (SSSR count). The zero-order valence-electron chi connectivity index (χ0n) is 12.8. The second-order valence-corrected chi connectivity index (χ2v) is 6.15. The lowest BCUT2D eigenvalue weighted by Crippen LogP contribution is -2.50. The summed E-state index contributed by atoms with van der Waals surface area (Å²) in [5.41, 5.74) is 2.62. The largest absolute Gasteiger partial charge is 0.389 e. The lowest BCUT2D eigenvalue weighted by atomic mass is 9.89. The number of aliphatic hydroxyl groups is 1. The number of rotatable bonds is 5. The lowest BCUT2D eigenvalue weighted by molar-refractivity contribution is -0.124. The number of β-amino-alcohol motifs (C(OH)–C–C–N with tert-alkyl or cyclic N) is 1. The van der Waals surface area contributed by atoms with E-state index in [0.29, 0.717) is 26.2 Å². The minimum atomic E-state index is -0.556. The number of nitrogens with one attached hydrogen (secondary N) is 1. The fourth-order valence-electron chi connectivity index (χ4n) is 3.31. The van der Waals surface area contributed by atoms with E-state index in [4.69, 9.17) is 4.74 Å². The number of nitrogens with zero attached hydrogens (tertiary/aromatic N) is 1. The van der Waals surface area contributed by atoms with E-state index in [0.717, 1.165) is 25.8 Å². The SMILES string of the molecule is O=C1CN(C[C@H](O)CO[C@H]2CCCc3ccccc32)CCN1. The molecular formula is C17H24N2O3. The molecule has 0 unspecified atom stereocenters. The molecule has 1 aliphatic carbocycles. The number of piperazine rings is 1. The second kappa shape index (κ2) is 7.22. The van der Waals surface area contributed by atoms with Gasteiger partial charge >= 0.3 is 0 Å². The molecule has 22 heavy (non-hydrogen) atoms. The van der Waals surface area contributed by atoms with Crippen molar-refractivity contribution in [3.8, 4) is 0 Å². The number of ether oxygens (including phenoxy) is 1. The number of amides is 1. The van der Waals surface area contributed by atoms with Crippen molar-refractivity contribution in [2.24, 2.45) is 0 Å². The lowest BCUT2D eigenvalue weighted by Gasteiger charge is -2.30. The molecule has 1 heterocycles. The molecule has 1 aromatic rings. The second-order valence-electron chi connectivity index (χ2n) is 6.15. The van der Waals surface area contributed by atoms with Crippen molar-refractivity contribution < 1.29 is 14.6 Å². The van der Waals surface area contributed by atoms with Crippen LogP contribution in [0.2, 0.25) is 0 Å². The van der Waals surface area contributed by atoms with Crippen LogP contribution in [0.1, 0.15) is 30.1 Å². The van der Waals surface area contributed by atoms with Crippen molar-refractivity contribution >= 4 is 5.91 Å². The Labute approximate surface area is 131 Å². The van der Waals surface area contributed by atoms with Crippen LogP contribution in [0, 0.1) is 0 Å². The summed E-state index contributed by atoms with van der Waals surface area (Å²) < 4.78 is 5.96. The van der Waals surface area contributed by atoms with Crippen LogP contribution in [0.15, 0.2) is 24.3 Å². The summed E-state index contributed by atoms with van der Waals surface area (Å²) in [4.78, 5) is 13.3. The maximum Gasteiger partial charge on any atom is 0.234 e. The molecule has 0 radical (unpaired) electrons. The highest BCUT2D eigenvalue weighted by Gasteiger charge is 2.23. The molecule has 1 aliphatic heterocycles. The van der Waals surface area contributed by atoms with Crippen molar-refractivity contribution in [2.45, 2.75) is 31.5 Å². The molecule has 5 heteroatoms. The van der Waals surface area contributed by atoms with Gasteiger partial charge < -0.3 is 15.2 Å². The number of aliphatic hydroxyl groups excluding tert-OH is 1. The summed E-state index contributed by atoms with van der Waals surface area (Å²) in [6.45, 7) is 2.61. The summed E-state index contributed by atoms with van der Waals surface area (Å²) in [7, 11) is 0. The number of hydrogen-bond donors (Lipinski definition) is 2. The summed E-state index contributed by atoms with van der Waals surface area (Å²) in [6, 6.07) is 8.40. The highest BCUT2D eigenvalue weighted by molar-refractivity contribution is 5.78. The Balaban J connectivity index is 1.49. The van der Waals surface area contributed by atoms with Gasteiger partial charge in [0, 0.05) is 19.6 Å². The van der Waals surface area contributed by atoms with Crippen LogP contribution in [0.3, 0.4) is 0 Å². The molecule has 0 saturated carbocycles. The summed E-state index contributed by atoms with van der Waals surface area (Å²) in [5.74, 6) is 0.0283. The van der Waals surface area contributed by atoms with Crippen molar-refractivity contribution in [3.63, 3.8) is 0 Å². The van der Waals surface area contributed by atoms with Gasteiger partial charge in [0.15, 0.2) is 0 Å². The molecule has 2 aliphatic rings. The molecule has 1 saturated heterocycles. The van der Waals surface area contributed by atoms with E-state index in [1.165, 1.54) is 11.1 Å². The Kier molecular flexibility index (Phi) is 5.08. The average Bonchev–Trinajstić information content (AvgIpc) is 2.53. The summed E-state index contributed by atoms with van der Waals surface area (Å²) in [5, 5.41) is 13.0. The summed E-state index contributed by atoms with van der Waals surface area (Å²) in [6.07, 6.45) is 2.78. The minimum absolute atomic E-state index is 0.0283. The quantitative estimate of drug-likeness (QED) is 0.847. The molecule has 0 spiro atoms. The molecular weight excluding hydrogens is 280 g/mol. The third kappa shape index (κ3) is 3.85. The number of benzene rings is 1. The van der Waals surface area contributed by atoms with Crippen LogP contribution in [0.5, 0.6) is 0 Å². The predicted octanol–water partition coefficient (Wildman–Crippen LogP) is 0.873. The van der Waals surface area contributed by atoms with Gasteiger partial charge in [-0.2, -0.15) is 0 Å². The van der Waals surface area contributed by atoms with E-state index in [-0.39, 0.29) is 12.0 Å². The third-order valence-electron chi connectivity index (χ3n) is 4.39.